The van der Waals surface area contributed by atoms with Crippen LogP contribution in [0.1, 0.15) is 31.5 Å². The Kier molecular flexibility index (Phi) is 7.19. The van der Waals surface area contributed by atoms with Gasteiger partial charge in [-0.1, -0.05) is 6.07 Å². The van der Waals surface area contributed by atoms with Crippen LogP contribution >= 0.6 is 0 Å². The Bertz CT molecular complexity index is 1810. The van der Waals surface area contributed by atoms with Crippen molar-refractivity contribution in [3.63, 3.8) is 0 Å². The maximum atomic E-state index is 13.7. The van der Waals surface area contributed by atoms with Crippen molar-refractivity contribution in [2.24, 2.45) is 7.05 Å². The second kappa shape index (κ2) is 10.9. The van der Waals surface area contributed by atoms with Crippen molar-refractivity contribution < 1.29 is 9.84 Å². The standard InChI is InChI=1S/C31H35N7O3/c1-5-32-30-22(18-41-6-2)13-21(15-34-30)20-7-8-25-24(14-20)29-27(16-33-25)36(4)31(40)38(29)26-9-10-28(35-19(26)3)37-12-11-23(39)17-37/h7-10,13-16,23,39H,5-6,11-12,17-18H2,1-4H3,(H,32,34)/t23-/m1/s1. The Morgan fingerprint density at radius 1 is 1.10 bits per heavy atom. The second-order valence-electron chi connectivity index (χ2n) is 10.5. The van der Waals surface area contributed by atoms with Crippen LogP contribution in [0.4, 0.5) is 11.6 Å². The molecule has 1 aliphatic heterocycles. The zero-order valence-electron chi connectivity index (χ0n) is 23.9. The van der Waals surface area contributed by atoms with E-state index in [1.807, 2.05) is 51.2 Å². The van der Waals surface area contributed by atoms with Crippen molar-refractivity contribution in [3.8, 4) is 16.8 Å². The molecule has 1 aliphatic rings. The fraction of sp³-hybridized carbons (Fsp3) is 0.355. The number of aliphatic hydroxyl groups is 1. The number of fused-ring (bicyclic) bond motifs is 3. The lowest BCUT2D eigenvalue weighted by molar-refractivity contribution is 0.134. The van der Waals surface area contributed by atoms with E-state index in [0.29, 0.717) is 19.8 Å². The fourth-order valence-electron chi connectivity index (χ4n) is 5.62. The average Bonchev–Trinajstić information content (AvgIpc) is 3.53. The molecule has 1 saturated heterocycles. The molecular weight excluding hydrogens is 518 g/mol. The van der Waals surface area contributed by atoms with Crippen LogP contribution < -0.4 is 15.9 Å². The highest BCUT2D eigenvalue weighted by atomic mass is 16.5. The number of aryl methyl sites for hydroxylation is 2. The summed E-state index contributed by atoms with van der Waals surface area (Å²) < 4.78 is 9.08. The van der Waals surface area contributed by atoms with E-state index in [9.17, 15) is 9.90 Å². The molecule has 0 spiro atoms. The van der Waals surface area contributed by atoms with Gasteiger partial charge in [0.1, 0.15) is 11.6 Å². The molecule has 10 heteroatoms. The molecule has 0 bridgehead atoms. The molecule has 0 unspecified atom stereocenters. The predicted octanol–water partition coefficient (Wildman–Crippen LogP) is 4.18. The molecule has 2 N–H and O–H groups in total. The lowest BCUT2D eigenvalue weighted by Gasteiger charge is -2.18. The number of nitrogens with one attached hydrogen (secondary N) is 1. The van der Waals surface area contributed by atoms with Gasteiger partial charge in [0.15, 0.2) is 0 Å². The number of β-amino-alcohol motifs (C(OH)–C–C–N with tert-alkyl or cyclic N) is 1. The van der Waals surface area contributed by atoms with E-state index in [1.165, 1.54) is 0 Å². The first-order chi connectivity index (χ1) is 19.9. The maximum absolute atomic E-state index is 13.7. The number of pyridine rings is 3. The van der Waals surface area contributed by atoms with E-state index in [1.54, 1.807) is 22.4 Å². The van der Waals surface area contributed by atoms with Crippen molar-refractivity contribution in [1.29, 1.82) is 0 Å². The highest BCUT2D eigenvalue weighted by Gasteiger charge is 2.23. The third-order valence-corrected chi connectivity index (χ3v) is 7.76. The van der Waals surface area contributed by atoms with Crippen LogP contribution in [0.2, 0.25) is 0 Å². The summed E-state index contributed by atoms with van der Waals surface area (Å²) >= 11 is 0. The highest BCUT2D eigenvalue weighted by molar-refractivity contribution is 6.04. The minimum atomic E-state index is -0.338. The van der Waals surface area contributed by atoms with Crippen LogP contribution in [0.3, 0.4) is 0 Å². The lowest BCUT2D eigenvalue weighted by atomic mass is 10.0. The second-order valence-corrected chi connectivity index (χ2v) is 10.5. The van der Waals surface area contributed by atoms with Gasteiger partial charge in [-0.2, -0.15) is 0 Å². The molecular formula is C31H35N7O3. The number of ether oxygens (including phenoxy) is 1. The lowest BCUT2D eigenvalue weighted by Crippen LogP contribution is -2.24. The summed E-state index contributed by atoms with van der Waals surface area (Å²) in [6.45, 7) is 9.13. The molecule has 0 amide bonds. The number of nitrogens with zero attached hydrogens (tertiary/aromatic N) is 6. The van der Waals surface area contributed by atoms with Crippen LogP contribution in [-0.4, -0.2) is 61.5 Å². The van der Waals surface area contributed by atoms with Gasteiger partial charge >= 0.3 is 5.69 Å². The van der Waals surface area contributed by atoms with Crippen molar-refractivity contribution in [2.45, 2.75) is 39.9 Å². The quantitative estimate of drug-likeness (QED) is 0.295. The molecule has 41 heavy (non-hydrogen) atoms. The first-order valence-corrected chi connectivity index (χ1v) is 14.1. The monoisotopic (exact) mass is 553 g/mol. The topological polar surface area (TPSA) is 110 Å². The van der Waals surface area contributed by atoms with Gasteiger partial charge in [0.05, 0.1) is 46.8 Å². The summed E-state index contributed by atoms with van der Waals surface area (Å²) in [4.78, 5) is 29.9. The van der Waals surface area contributed by atoms with Crippen LogP contribution in [0, 0.1) is 6.92 Å². The van der Waals surface area contributed by atoms with Crippen LogP contribution in [0.25, 0.3) is 38.8 Å². The van der Waals surface area contributed by atoms with Crippen molar-refractivity contribution in [3.05, 3.63) is 70.5 Å². The number of hydrogen-bond acceptors (Lipinski definition) is 8. The molecule has 6 rings (SSSR count). The van der Waals surface area contributed by atoms with E-state index >= 15 is 0 Å². The van der Waals surface area contributed by atoms with E-state index in [-0.39, 0.29) is 11.8 Å². The Morgan fingerprint density at radius 3 is 2.68 bits per heavy atom. The van der Waals surface area contributed by atoms with Crippen LogP contribution in [0.5, 0.6) is 0 Å². The van der Waals surface area contributed by atoms with E-state index in [0.717, 1.165) is 81.2 Å². The summed E-state index contributed by atoms with van der Waals surface area (Å²) in [5.74, 6) is 1.63. The van der Waals surface area contributed by atoms with Gasteiger partial charge in [0.25, 0.3) is 0 Å². The maximum Gasteiger partial charge on any atom is 0.333 e. The molecule has 212 valence electrons. The largest absolute Gasteiger partial charge is 0.391 e. The average molecular weight is 554 g/mol. The molecule has 0 radical (unpaired) electrons. The third kappa shape index (κ3) is 4.83. The normalized spacial score (nSPS) is 15.3. The number of hydrogen-bond donors (Lipinski definition) is 2. The summed E-state index contributed by atoms with van der Waals surface area (Å²) in [6, 6.07) is 12.1. The third-order valence-electron chi connectivity index (χ3n) is 7.76. The Morgan fingerprint density at radius 2 is 1.95 bits per heavy atom. The summed E-state index contributed by atoms with van der Waals surface area (Å²) in [6.07, 6.45) is 4.01. The van der Waals surface area contributed by atoms with E-state index < -0.39 is 0 Å². The molecule has 10 nitrogen and oxygen atoms in total. The number of rotatable bonds is 8. The molecule has 4 aromatic heterocycles. The minimum absolute atomic E-state index is 0.162. The number of aliphatic hydroxyl groups excluding tert-OH is 1. The molecule has 1 atom stereocenters. The Hall–Kier alpha value is -4.28. The van der Waals surface area contributed by atoms with Gasteiger partial charge in [0.2, 0.25) is 0 Å². The van der Waals surface area contributed by atoms with E-state index in [2.05, 4.69) is 32.3 Å². The highest BCUT2D eigenvalue weighted by Crippen LogP contribution is 2.32. The Balaban J connectivity index is 1.50. The predicted molar refractivity (Wildman–Crippen MR) is 162 cm³/mol. The van der Waals surface area contributed by atoms with Gasteiger partial charge < -0.3 is 20.1 Å². The molecule has 5 aromatic rings. The smallest absolute Gasteiger partial charge is 0.333 e. The van der Waals surface area contributed by atoms with Crippen LogP contribution in [0.15, 0.2) is 53.6 Å². The van der Waals surface area contributed by atoms with Gasteiger partial charge in [-0.15, -0.1) is 0 Å². The van der Waals surface area contributed by atoms with Gasteiger partial charge in [0, 0.05) is 56.0 Å². The van der Waals surface area contributed by atoms with Crippen molar-refractivity contribution >= 4 is 33.6 Å². The molecule has 0 aliphatic carbocycles. The van der Waals surface area contributed by atoms with Crippen molar-refractivity contribution in [2.75, 3.05) is 36.5 Å². The number of imidazole rings is 1. The van der Waals surface area contributed by atoms with Crippen LogP contribution in [-0.2, 0) is 18.4 Å². The molecule has 0 saturated carbocycles. The first-order valence-electron chi connectivity index (χ1n) is 14.1. The van der Waals surface area contributed by atoms with Crippen molar-refractivity contribution in [1.82, 2.24) is 24.1 Å². The fourth-order valence-corrected chi connectivity index (χ4v) is 5.62. The van der Waals surface area contributed by atoms with E-state index in [4.69, 9.17) is 9.72 Å². The molecule has 1 aromatic carbocycles. The van der Waals surface area contributed by atoms with Gasteiger partial charge in [-0.05, 0) is 63.1 Å². The summed E-state index contributed by atoms with van der Waals surface area (Å²) in [5.41, 5.74) is 6.53. The molecule has 1 fully saturated rings. The number of aromatic nitrogens is 5. The zero-order valence-corrected chi connectivity index (χ0v) is 23.9. The van der Waals surface area contributed by atoms with Gasteiger partial charge in [-0.3, -0.25) is 14.1 Å². The zero-order chi connectivity index (χ0) is 28.7. The first kappa shape index (κ1) is 26.9. The molecule has 5 heterocycles. The number of benzene rings is 1. The van der Waals surface area contributed by atoms with Gasteiger partial charge in [-0.25, -0.2) is 14.8 Å². The summed E-state index contributed by atoms with van der Waals surface area (Å²) in [7, 11) is 1.77. The minimum Gasteiger partial charge on any atom is -0.391 e. The number of anilines is 2. The summed E-state index contributed by atoms with van der Waals surface area (Å²) in [5, 5.41) is 14.2. The SMILES string of the molecule is CCNc1ncc(-c2ccc3ncc4c(c3c2)n(-c2ccc(N3CC[C@@H](O)C3)nc2C)c(=O)n4C)cc1COCC. The Labute approximate surface area is 238 Å².